The molecule has 6 heteroatoms. The summed E-state index contributed by atoms with van der Waals surface area (Å²) in [5.41, 5.74) is 3.67. The maximum absolute atomic E-state index is 11.5. The van der Waals surface area contributed by atoms with Crippen LogP contribution in [0.15, 0.2) is 91.0 Å². The van der Waals surface area contributed by atoms with Crippen LogP contribution in [0, 0.1) is 0 Å². The molecular formula is C32H28O6. The molecule has 0 bridgehead atoms. The number of ether oxygens (including phenoxy) is 4. The van der Waals surface area contributed by atoms with Crippen molar-refractivity contribution in [1.82, 2.24) is 0 Å². The van der Waals surface area contributed by atoms with Crippen LogP contribution >= 0.6 is 0 Å². The molecule has 1 heterocycles. The summed E-state index contributed by atoms with van der Waals surface area (Å²) < 4.78 is 23.6. The lowest BCUT2D eigenvalue weighted by Crippen LogP contribution is -2.12. The molecule has 5 aromatic rings. The zero-order valence-electron chi connectivity index (χ0n) is 21.0. The molecule has 1 fully saturated rings. The predicted octanol–water partition coefficient (Wildman–Crippen LogP) is 6.76. The van der Waals surface area contributed by atoms with Gasteiger partial charge in [0.25, 0.3) is 0 Å². The van der Waals surface area contributed by atoms with Gasteiger partial charge in [-0.25, -0.2) is 0 Å². The Morgan fingerprint density at radius 2 is 1.42 bits per heavy atom. The maximum atomic E-state index is 11.5. The summed E-state index contributed by atoms with van der Waals surface area (Å²) >= 11 is 0. The SMILES string of the molecule is COC(Oc1c(Cc2ccccc2)ccc2c(O)c3ccccc3c(O)c12)c1ccc(C2OCCO2)cc1. The lowest BCUT2D eigenvalue weighted by molar-refractivity contribution is -0.0563. The van der Waals surface area contributed by atoms with Gasteiger partial charge in [0.15, 0.2) is 6.29 Å². The summed E-state index contributed by atoms with van der Waals surface area (Å²) in [5.74, 6) is 0.613. The number of rotatable bonds is 7. The van der Waals surface area contributed by atoms with Gasteiger partial charge in [0.05, 0.1) is 18.6 Å². The molecule has 6 rings (SSSR count). The molecule has 1 atom stereocenters. The Hall–Kier alpha value is -4.10. The molecule has 0 saturated carbocycles. The third kappa shape index (κ3) is 4.43. The summed E-state index contributed by atoms with van der Waals surface area (Å²) in [7, 11) is 1.58. The van der Waals surface area contributed by atoms with Crippen molar-refractivity contribution in [2.75, 3.05) is 20.3 Å². The van der Waals surface area contributed by atoms with Crippen LogP contribution in [0.1, 0.15) is 34.8 Å². The van der Waals surface area contributed by atoms with E-state index in [9.17, 15) is 10.2 Å². The molecule has 0 spiro atoms. The summed E-state index contributed by atoms with van der Waals surface area (Å²) in [4.78, 5) is 0. The Balaban J connectivity index is 1.47. The second-order valence-electron chi connectivity index (χ2n) is 9.31. The second kappa shape index (κ2) is 10.3. The third-order valence-electron chi connectivity index (χ3n) is 6.95. The fraction of sp³-hybridized carbons (Fsp3) is 0.188. The van der Waals surface area contributed by atoms with Gasteiger partial charge < -0.3 is 29.2 Å². The number of hydrogen-bond donors (Lipinski definition) is 2. The molecule has 1 aliphatic rings. The number of fused-ring (bicyclic) bond motifs is 2. The van der Waals surface area contributed by atoms with E-state index in [0.717, 1.165) is 22.3 Å². The lowest BCUT2D eigenvalue weighted by atomic mass is 9.95. The molecule has 0 aliphatic carbocycles. The molecule has 192 valence electrons. The van der Waals surface area contributed by atoms with Gasteiger partial charge in [0.1, 0.15) is 17.2 Å². The van der Waals surface area contributed by atoms with Crippen molar-refractivity contribution in [2.45, 2.75) is 19.0 Å². The highest BCUT2D eigenvalue weighted by molar-refractivity contribution is 6.13. The van der Waals surface area contributed by atoms with E-state index in [1.54, 1.807) is 19.2 Å². The van der Waals surface area contributed by atoms with Gasteiger partial charge in [0.2, 0.25) is 6.29 Å². The highest BCUT2D eigenvalue weighted by atomic mass is 16.7. The van der Waals surface area contributed by atoms with Crippen molar-refractivity contribution < 1.29 is 29.2 Å². The summed E-state index contributed by atoms with van der Waals surface area (Å²) in [6.45, 7) is 1.15. The van der Waals surface area contributed by atoms with Gasteiger partial charge in [-0.15, -0.1) is 0 Å². The number of hydrogen-bond acceptors (Lipinski definition) is 6. The van der Waals surface area contributed by atoms with E-state index in [1.807, 2.05) is 78.9 Å². The summed E-state index contributed by atoms with van der Waals surface area (Å²) in [5, 5.41) is 24.7. The van der Waals surface area contributed by atoms with Crippen molar-refractivity contribution in [2.24, 2.45) is 0 Å². The Morgan fingerprint density at radius 3 is 2.11 bits per heavy atom. The average molecular weight is 509 g/mol. The minimum atomic E-state index is -0.761. The lowest BCUT2D eigenvalue weighted by Gasteiger charge is -2.23. The Bertz CT molecular complexity index is 1570. The second-order valence-corrected chi connectivity index (χ2v) is 9.31. The molecule has 6 nitrogen and oxygen atoms in total. The Labute approximate surface area is 220 Å². The minimum absolute atomic E-state index is 0.0547. The fourth-order valence-electron chi connectivity index (χ4n) is 5.04. The standard InChI is InChI=1S/C32H28O6/c1-35-31(21-11-13-22(14-12-21)32-36-17-18-37-32)38-30-23(19-20-7-3-2-4-8-20)15-16-26-27(30)29(34)25-10-6-5-9-24(25)28(26)33/h2-16,31-34H,17-19H2,1H3. The van der Waals surface area contributed by atoms with E-state index in [2.05, 4.69) is 0 Å². The summed E-state index contributed by atoms with van der Waals surface area (Å²) in [6, 6.07) is 28.8. The van der Waals surface area contributed by atoms with Gasteiger partial charge >= 0.3 is 0 Å². The smallest absolute Gasteiger partial charge is 0.226 e. The number of methoxy groups -OCH3 is 1. The molecule has 38 heavy (non-hydrogen) atoms. The number of aromatic hydroxyl groups is 2. The predicted molar refractivity (Wildman–Crippen MR) is 145 cm³/mol. The van der Waals surface area contributed by atoms with Crippen LogP contribution in [0.4, 0.5) is 0 Å². The van der Waals surface area contributed by atoms with Crippen molar-refractivity contribution in [3.8, 4) is 17.2 Å². The molecule has 2 N–H and O–H groups in total. The largest absolute Gasteiger partial charge is 0.507 e. The maximum Gasteiger partial charge on any atom is 0.226 e. The monoisotopic (exact) mass is 508 g/mol. The van der Waals surface area contributed by atoms with E-state index < -0.39 is 6.29 Å². The van der Waals surface area contributed by atoms with Crippen LogP contribution in [0.5, 0.6) is 17.2 Å². The first-order chi connectivity index (χ1) is 18.6. The van der Waals surface area contributed by atoms with Crippen LogP contribution in [-0.2, 0) is 20.6 Å². The van der Waals surface area contributed by atoms with E-state index in [-0.39, 0.29) is 17.8 Å². The third-order valence-corrected chi connectivity index (χ3v) is 6.95. The molecular weight excluding hydrogens is 480 g/mol. The molecule has 0 radical (unpaired) electrons. The zero-order valence-corrected chi connectivity index (χ0v) is 21.0. The van der Waals surface area contributed by atoms with Gasteiger partial charge in [-0.05, 0) is 17.2 Å². The first-order valence-corrected chi connectivity index (χ1v) is 12.6. The topological polar surface area (TPSA) is 77.4 Å². The van der Waals surface area contributed by atoms with Crippen molar-refractivity contribution in [1.29, 1.82) is 0 Å². The van der Waals surface area contributed by atoms with Crippen LogP contribution in [0.2, 0.25) is 0 Å². The molecule has 5 aromatic carbocycles. The minimum Gasteiger partial charge on any atom is -0.507 e. The van der Waals surface area contributed by atoms with Crippen LogP contribution in [0.25, 0.3) is 21.5 Å². The molecule has 1 saturated heterocycles. The molecule has 1 aliphatic heterocycles. The van der Waals surface area contributed by atoms with Crippen LogP contribution in [0.3, 0.4) is 0 Å². The van der Waals surface area contributed by atoms with Crippen LogP contribution < -0.4 is 4.74 Å². The quantitative estimate of drug-likeness (QED) is 0.144. The average Bonchev–Trinajstić information content (AvgIpc) is 3.51. The van der Waals surface area contributed by atoms with Crippen molar-refractivity contribution in [3.63, 3.8) is 0 Å². The molecule has 0 amide bonds. The van der Waals surface area contributed by atoms with Crippen molar-refractivity contribution >= 4 is 21.5 Å². The normalized spacial score (nSPS) is 14.8. The van der Waals surface area contributed by atoms with E-state index in [0.29, 0.717) is 46.9 Å². The summed E-state index contributed by atoms with van der Waals surface area (Å²) in [6.07, 6.45) is -0.553. The number of benzene rings is 5. The zero-order chi connectivity index (χ0) is 26.1. The van der Waals surface area contributed by atoms with Crippen molar-refractivity contribution in [3.05, 3.63) is 113 Å². The molecule has 1 unspecified atom stereocenters. The van der Waals surface area contributed by atoms with Gasteiger partial charge in [-0.1, -0.05) is 84.9 Å². The first kappa shape index (κ1) is 24.2. The first-order valence-electron chi connectivity index (χ1n) is 12.6. The highest BCUT2D eigenvalue weighted by Crippen LogP contribution is 2.47. The van der Waals surface area contributed by atoms with Gasteiger partial charge in [-0.3, -0.25) is 0 Å². The highest BCUT2D eigenvalue weighted by Gasteiger charge is 2.24. The van der Waals surface area contributed by atoms with Gasteiger partial charge in [-0.2, -0.15) is 0 Å². The molecule has 0 aromatic heterocycles. The van der Waals surface area contributed by atoms with E-state index in [1.165, 1.54) is 0 Å². The van der Waals surface area contributed by atoms with E-state index >= 15 is 0 Å². The Kier molecular flexibility index (Phi) is 6.60. The number of phenols is 2. The fourth-order valence-corrected chi connectivity index (χ4v) is 5.04. The number of phenolic OH excluding ortho intramolecular Hbond substituents is 2. The van der Waals surface area contributed by atoms with Gasteiger partial charge in [0, 0.05) is 40.8 Å². The van der Waals surface area contributed by atoms with Crippen LogP contribution in [-0.4, -0.2) is 30.5 Å². The Morgan fingerprint density at radius 1 is 0.763 bits per heavy atom. The van der Waals surface area contributed by atoms with E-state index in [4.69, 9.17) is 18.9 Å².